The molecule has 61 heavy (non-hydrogen) atoms. The minimum Gasteiger partial charge on any atom is -0.544 e. The number of carboxylic acids is 1. The van der Waals surface area contributed by atoms with Gasteiger partial charge in [0.2, 0.25) is 0 Å². The molecular weight excluding hydrogens is 763 g/mol. The molecule has 0 aromatic heterocycles. The van der Waals surface area contributed by atoms with Crippen molar-refractivity contribution in [1.82, 2.24) is 0 Å². The van der Waals surface area contributed by atoms with Gasteiger partial charge >= 0.3 is 11.9 Å². The van der Waals surface area contributed by atoms with E-state index in [1.165, 1.54) is 96.3 Å². The highest BCUT2D eigenvalue weighted by Crippen LogP contribution is 2.14. The molecule has 0 saturated carbocycles. The van der Waals surface area contributed by atoms with Crippen LogP contribution in [0.25, 0.3) is 0 Å². The van der Waals surface area contributed by atoms with Gasteiger partial charge in [0, 0.05) is 19.3 Å². The van der Waals surface area contributed by atoms with Gasteiger partial charge in [0.15, 0.2) is 6.10 Å². The maximum Gasteiger partial charge on any atom is 0.306 e. The van der Waals surface area contributed by atoms with Gasteiger partial charge in [-0.3, -0.25) is 9.59 Å². The molecule has 0 N–H and O–H groups in total. The summed E-state index contributed by atoms with van der Waals surface area (Å²) in [5.74, 6) is -1.82. The predicted octanol–water partition coefficient (Wildman–Crippen LogP) is 12.6. The van der Waals surface area contributed by atoms with Crippen LogP contribution in [-0.4, -0.2) is 75.5 Å². The van der Waals surface area contributed by atoms with Crippen LogP contribution in [0.4, 0.5) is 0 Å². The van der Waals surface area contributed by atoms with Crippen molar-refractivity contribution >= 4 is 17.9 Å². The van der Waals surface area contributed by atoms with E-state index >= 15 is 0 Å². The number of likely N-dealkylation sites (N-methyl/N-ethyl adjacent to an activating group) is 1. The molecule has 0 radical (unpaired) electrons. The summed E-state index contributed by atoms with van der Waals surface area (Å²) in [6, 6.07) is -0.738. The zero-order valence-electron chi connectivity index (χ0n) is 39.8. The summed E-state index contributed by atoms with van der Waals surface area (Å²) in [6.45, 7) is 4.49. The van der Waals surface area contributed by atoms with Crippen molar-refractivity contribution in [2.75, 3.05) is 41.0 Å². The number of allylic oxidation sites excluding steroid dienone is 12. The van der Waals surface area contributed by atoms with E-state index in [4.69, 9.17) is 14.2 Å². The van der Waals surface area contributed by atoms with Crippen LogP contribution in [0, 0.1) is 0 Å². The van der Waals surface area contributed by atoms with Crippen molar-refractivity contribution in [2.24, 2.45) is 0 Å². The van der Waals surface area contributed by atoms with E-state index in [0.717, 1.165) is 57.8 Å². The van der Waals surface area contributed by atoms with Crippen LogP contribution in [0.5, 0.6) is 0 Å². The molecule has 0 spiro atoms. The van der Waals surface area contributed by atoms with Gasteiger partial charge in [-0.2, -0.15) is 0 Å². The summed E-state index contributed by atoms with van der Waals surface area (Å²) in [5.41, 5.74) is 0. The normalized spacial score (nSPS) is 13.5. The third-order valence-corrected chi connectivity index (χ3v) is 10.6. The van der Waals surface area contributed by atoms with E-state index in [2.05, 4.69) is 86.8 Å². The van der Waals surface area contributed by atoms with E-state index < -0.39 is 18.1 Å². The van der Waals surface area contributed by atoms with Crippen LogP contribution >= 0.6 is 0 Å². The molecule has 2 unspecified atom stereocenters. The quantitative estimate of drug-likeness (QED) is 0.0260. The third kappa shape index (κ3) is 41.9. The Bertz CT molecular complexity index is 1230. The van der Waals surface area contributed by atoms with Crippen molar-refractivity contribution in [3.05, 3.63) is 72.9 Å². The fourth-order valence-electron chi connectivity index (χ4n) is 6.81. The van der Waals surface area contributed by atoms with Crippen LogP contribution in [-0.2, 0) is 28.6 Å². The van der Waals surface area contributed by atoms with Gasteiger partial charge in [-0.25, -0.2) is 0 Å². The second-order valence-corrected chi connectivity index (χ2v) is 17.3. The summed E-state index contributed by atoms with van der Waals surface area (Å²) in [5, 5.41) is 11.6. The third-order valence-electron chi connectivity index (χ3n) is 10.6. The molecule has 8 heteroatoms. The van der Waals surface area contributed by atoms with E-state index in [-0.39, 0.29) is 49.1 Å². The summed E-state index contributed by atoms with van der Waals surface area (Å²) in [4.78, 5) is 36.9. The highest BCUT2D eigenvalue weighted by molar-refractivity contribution is 5.70. The Morgan fingerprint density at radius 3 is 1.43 bits per heavy atom. The molecule has 0 amide bonds. The highest BCUT2D eigenvalue weighted by atomic mass is 16.6. The van der Waals surface area contributed by atoms with Gasteiger partial charge in [0.25, 0.3) is 0 Å². The largest absolute Gasteiger partial charge is 0.544 e. The lowest BCUT2D eigenvalue weighted by Crippen LogP contribution is -2.55. The van der Waals surface area contributed by atoms with Gasteiger partial charge in [-0.15, -0.1) is 0 Å². The molecular formula is C53H91NO7. The predicted molar refractivity (Wildman–Crippen MR) is 254 cm³/mol. The first-order valence-corrected chi connectivity index (χ1v) is 24.5. The summed E-state index contributed by atoms with van der Waals surface area (Å²) in [7, 11) is 5.39. The molecule has 2 atom stereocenters. The number of rotatable bonds is 43. The molecule has 0 heterocycles. The summed E-state index contributed by atoms with van der Waals surface area (Å²) in [6.07, 6.45) is 55.1. The number of carboxylic acid groups (broad SMARTS) is 1. The molecule has 8 nitrogen and oxygen atoms in total. The number of carbonyl (C=O) groups excluding carboxylic acids is 3. The summed E-state index contributed by atoms with van der Waals surface area (Å²) < 4.78 is 17.1. The van der Waals surface area contributed by atoms with Crippen molar-refractivity contribution in [3.8, 4) is 0 Å². The lowest BCUT2D eigenvalue weighted by molar-refractivity contribution is -0.889. The van der Waals surface area contributed by atoms with Crippen LogP contribution in [0.2, 0.25) is 0 Å². The Kier molecular flexibility index (Phi) is 41.1. The van der Waals surface area contributed by atoms with Gasteiger partial charge in [0.1, 0.15) is 12.6 Å². The standard InChI is InChI=1S/C53H91NO7/c1-6-8-10-12-14-16-18-20-22-24-25-26-28-30-32-34-36-38-40-42-44-52(56)61-49(47-59-46-45-50(53(57)58)54(3,4)5)48-60-51(55)43-41-39-37-35-33-31-29-27-23-21-19-17-15-13-11-9-7-2/h9,11,15,17,21,23,25-26,29,31,35,37,49-50H,6-8,10,12-14,16,18-20,22,24,27-28,30,32-34,36,38-48H2,1-5H3/b11-9+,17-15+,23-21+,26-25+,31-29+,37-35+. The minimum atomic E-state index is -1.13. The van der Waals surface area contributed by atoms with Gasteiger partial charge in [0.05, 0.1) is 40.3 Å². The van der Waals surface area contributed by atoms with Crippen LogP contribution in [0.1, 0.15) is 194 Å². The molecule has 0 aromatic carbocycles. The zero-order chi connectivity index (χ0) is 44.9. The van der Waals surface area contributed by atoms with Crippen LogP contribution in [0.15, 0.2) is 72.9 Å². The zero-order valence-corrected chi connectivity index (χ0v) is 39.8. The average Bonchev–Trinajstić information content (AvgIpc) is 3.22. The molecule has 0 saturated heterocycles. The van der Waals surface area contributed by atoms with E-state index in [1.807, 2.05) is 0 Å². The van der Waals surface area contributed by atoms with E-state index in [9.17, 15) is 19.5 Å². The van der Waals surface area contributed by atoms with Crippen molar-refractivity contribution in [3.63, 3.8) is 0 Å². The van der Waals surface area contributed by atoms with E-state index in [0.29, 0.717) is 12.8 Å². The number of aliphatic carboxylic acids is 1. The number of ether oxygens (including phenoxy) is 3. The molecule has 0 aliphatic heterocycles. The average molecular weight is 854 g/mol. The topological polar surface area (TPSA) is 102 Å². The first-order valence-electron chi connectivity index (χ1n) is 24.5. The molecule has 0 rings (SSSR count). The number of unbranched alkanes of at least 4 members (excludes halogenated alkanes) is 17. The number of hydrogen-bond acceptors (Lipinski definition) is 7. The maximum atomic E-state index is 12.8. The second kappa shape index (κ2) is 43.4. The van der Waals surface area contributed by atoms with Gasteiger partial charge in [-0.1, -0.05) is 170 Å². The lowest BCUT2D eigenvalue weighted by atomic mass is 10.1. The van der Waals surface area contributed by atoms with E-state index in [1.54, 1.807) is 21.1 Å². The SMILES string of the molecule is CC/C=C/C/C=C/C/C=C/C/C=C/C/C=C/CCCC(=O)OCC(COCCC(C(=O)[O-])[N+](C)(C)C)OC(=O)CCCCCCCCC/C=C/CCCCCCCCCCC. The minimum absolute atomic E-state index is 0.0183. The number of nitrogens with zero attached hydrogens (tertiary/aromatic N) is 1. The Balaban J connectivity index is 4.37. The number of quaternary nitrogens is 1. The Labute approximate surface area is 374 Å². The summed E-state index contributed by atoms with van der Waals surface area (Å²) >= 11 is 0. The molecule has 0 bridgehead atoms. The van der Waals surface area contributed by atoms with Crippen molar-refractivity contribution < 1.29 is 38.2 Å². The number of carbonyl (C=O) groups is 3. The Hall–Kier alpha value is -3.23. The molecule has 0 fully saturated rings. The van der Waals surface area contributed by atoms with Crippen LogP contribution in [0.3, 0.4) is 0 Å². The first kappa shape index (κ1) is 57.8. The Morgan fingerprint density at radius 1 is 0.508 bits per heavy atom. The molecule has 0 aliphatic rings. The molecule has 0 aromatic rings. The second-order valence-electron chi connectivity index (χ2n) is 17.3. The highest BCUT2D eigenvalue weighted by Gasteiger charge is 2.25. The fraction of sp³-hybridized carbons (Fsp3) is 0.717. The van der Waals surface area contributed by atoms with Gasteiger partial charge in [-0.05, 0) is 77.0 Å². The number of hydrogen-bond donors (Lipinski definition) is 0. The van der Waals surface area contributed by atoms with Gasteiger partial charge < -0.3 is 28.6 Å². The molecule has 0 aliphatic carbocycles. The monoisotopic (exact) mass is 854 g/mol. The maximum absolute atomic E-state index is 12.8. The van der Waals surface area contributed by atoms with Crippen LogP contribution < -0.4 is 5.11 Å². The first-order chi connectivity index (χ1) is 29.6. The molecule has 350 valence electrons. The Morgan fingerprint density at radius 2 is 0.934 bits per heavy atom. The lowest BCUT2D eigenvalue weighted by Gasteiger charge is -2.34. The van der Waals surface area contributed by atoms with Crippen molar-refractivity contribution in [2.45, 2.75) is 206 Å². The van der Waals surface area contributed by atoms with Crippen molar-refractivity contribution in [1.29, 1.82) is 0 Å². The fourth-order valence-corrected chi connectivity index (χ4v) is 6.81. The number of esters is 2. The smallest absolute Gasteiger partial charge is 0.306 e.